The van der Waals surface area contributed by atoms with Crippen LogP contribution in [0.5, 0.6) is 11.5 Å². The van der Waals surface area contributed by atoms with Gasteiger partial charge in [0.2, 0.25) is 0 Å². The van der Waals surface area contributed by atoms with E-state index < -0.39 is 12.0 Å². The van der Waals surface area contributed by atoms with Gasteiger partial charge in [-0.25, -0.2) is 4.79 Å². The van der Waals surface area contributed by atoms with Crippen LogP contribution >= 0.6 is 0 Å². The van der Waals surface area contributed by atoms with E-state index in [2.05, 4.69) is 5.32 Å². The quantitative estimate of drug-likeness (QED) is 0.238. The third kappa shape index (κ3) is 6.97. The second-order valence-electron chi connectivity index (χ2n) is 6.85. The summed E-state index contributed by atoms with van der Waals surface area (Å²) in [4.78, 5) is 12.0. The average Bonchev–Trinajstić information content (AvgIpc) is 2.69. The number of aliphatic carboxylic acids is 1. The Balaban J connectivity index is 2.24. The van der Waals surface area contributed by atoms with Crippen molar-refractivity contribution in [1.82, 2.24) is 0 Å². The molecule has 0 amide bonds. The Bertz CT molecular complexity index is 852. The fourth-order valence-corrected chi connectivity index (χ4v) is 2.74. The summed E-state index contributed by atoms with van der Waals surface area (Å²) < 4.78 is 16.8. The maximum atomic E-state index is 12.0. The molecule has 0 aliphatic heterocycles. The normalized spacial score (nSPS) is 11.7. The Hall–Kier alpha value is -3.26. The van der Waals surface area contributed by atoms with Gasteiger partial charge in [0.15, 0.2) is 6.04 Å². The van der Waals surface area contributed by atoms with Crippen LogP contribution in [0.1, 0.15) is 37.9 Å². The Morgan fingerprint density at radius 3 is 2.27 bits per heavy atom. The van der Waals surface area contributed by atoms with Crippen molar-refractivity contribution in [2.45, 2.75) is 32.9 Å². The molecule has 0 aliphatic carbocycles. The van der Waals surface area contributed by atoms with Crippen molar-refractivity contribution in [3.8, 4) is 11.5 Å². The number of rotatable bonds is 12. The molecule has 0 saturated carbocycles. The van der Waals surface area contributed by atoms with Crippen LogP contribution in [0.2, 0.25) is 0 Å². The van der Waals surface area contributed by atoms with E-state index in [1.165, 1.54) is 0 Å². The molecular formula is C22H29N3O5. The lowest BCUT2D eigenvalue weighted by Gasteiger charge is -2.19. The molecule has 0 unspecified atom stereocenters. The van der Waals surface area contributed by atoms with Crippen molar-refractivity contribution in [2.24, 2.45) is 5.73 Å². The first-order chi connectivity index (χ1) is 14.3. The van der Waals surface area contributed by atoms with Crippen molar-refractivity contribution >= 4 is 17.5 Å². The first-order valence-electron chi connectivity index (χ1n) is 9.76. The minimum Gasteiger partial charge on any atom is -0.494 e. The number of hydrogen-bond donors (Lipinski definition) is 4. The third-order valence-corrected chi connectivity index (χ3v) is 4.10. The molecule has 2 rings (SSSR count). The van der Waals surface area contributed by atoms with Gasteiger partial charge in [0, 0.05) is 17.3 Å². The maximum absolute atomic E-state index is 12.0. The zero-order valence-electron chi connectivity index (χ0n) is 17.5. The summed E-state index contributed by atoms with van der Waals surface area (Å²) in [5, 5.41) is 20.2. The first-order valence-corrected chi connectivity index (χ1v) is 9.76. The van der Waals surface area contributed by atoms with Crippen molar-refractivity contribution in [1.29, 1.82) is 5.41 Å². The van der Waals surface area contributed by atoms with Crippen molar-refractivity contribution in [3.63, 3.8) is 0 Å². The lowest BCUT2D eigenvalue weighted by atomic mass is 10.1. The van der Waals surface area contributed by atoms with Crippen LogP contribution in [-0.4, -0.2) is 42.8 Å². The van der Waals surface area contributed by atoms with Crippen LogP contribution in [0.4, 0.5) is 5.69 Å². The summed E-state index contributed by atoms with van der Waals surface area (Å²) >= 11 is 0. The van der Waals surface area contributed by atoms with Gasteiger partial charge in [-0.1, -0.05) is 0 Å². The molecule has 0 spiro atoms. The lowest BCUT2D eigenvalue weighted by Crippen LogP contribution is -2.21. The van der Waals surface area contributed by atoms with Crippen molar-refractivity contribution < 1.29 is 24.1 Å². The van der Waals surface area contributed by atoms with Crippen LogP contribution in [0, 0.1) is 5.41 Å². The molecule has 0 fully saturated rings. The lowest BCUT2D eigenvalue weighted by molar-refractivity contribution is -0.138. The SMILES string of the molecule is CCOc1cc(OCCOC(C)C)cc([C@@H](Nc2ccc(C(=N)N)cc2)C(=O)O)c1. The Kier molecular flexibility index (Phi) is 8.49. The van der Waals surface area contributed by atoms with E-state index >= 15 is 0 Å². The van der Waals surface area contributed by atoms with Crippen molar-refractivity contribution in [2.75, 3.05) is 25.1 Å². The van der Waals surface area contributed by atoms with Gasteiger partial charge >= 0.3 is 5.97 Å². The number of ether oxygens (including phenoxy) is 3. The van der Waals surface area contributed by atoms with Crippen molar-refractivity contribution in [3.05, 3.63) is 53.6 Å². The van der Waals surface area contributed by atoms with Crippen LogP contribution < -0.4 is 20.5 Å². The third-order valence-electron chi connectivity index (χ3n) is 4.10. The zero-order chi connectivity index (χ0) is 22.1. The molecule has 0 aromatic heterocycles. The average molecular weight is 415 g/mol. The Labute approximate surface area is 176 Å². The van der Waals surface area contributed by atoms with Gasteiger partial charge in [0.05, 0.1) is 19.3 Å². The van der Waals surface area contributed by atoms with E-state index in [1.54, 1.807) is 42.5 Å². The molecule has 0 saturated heterocycles. The molecule has 30 heavy (non-hydrogen) atoms. The molecule has 0 aliphatic rings. The highest BCUT2D eigenvalue weighted by molar-refractivity contribution is 5.95. The van der Waals surface area contributed by atoms with E-state index in [9.17, 15) is 9.90 Å². The molecule has 0 radical (unpaired) electrons. The molecule has 0 bridgehead atoms. The molecular weight excluding hydrogens is 386 g/mol. The summed E-state index contributed by atoms with van der Waals surface area (Å²) in [5.74, 6) is -0.0737. The largest absolute Gasteiger partial charge is 0.494 e. The second-order valence-corrected chi connectivity index (χ2v) is 6.85. The number of anilines is 1. The smallest absolute Gasteiger partial charge is 0.330 e. The standard InChI is InChI=1S/C22H29N3O5/c1-4-28-18-11-16(12-19(13-18)30-10-9-29-14(2)3)20(22(26)27)25-17-7-5-15(6-8-17)21(23)24/h5-8,11-14,20,25H,4,9-10H2,1-3H3,(H3,23,24)(H,26,27)/t20-/m1/s1. The highest BCUT2D eigenvalue weighted by Gasteiger charge is 2.22. The summed E-state index contributed by atoms with van der Waals surface area (Å²) in [5.41, 5.74) is 7.10. The van der Waals surface area contributed by atoms with Crippen LogP contribution in [-0.2, 0) is 9.53 Å². The minimum atomic E-state index is -1.05. The number of carboxylic acids is 1. The van der Waals surface area contributed by atoms with Gasteiger partial charge in [-0.05, 0) is 62.7 Å². The molecule has 8 heteroatoms. The summed E-state index contributed by atoms with van der Waals surface area (Å²) in [6.45, 7) is 6.95. The molecule has 2 aromatic carbocycles. The highest BCUT2D eigenvalue weighted by Crippen LogP contribution is 2.29. The molecule has 8 nitrogen and oxygen atoms in total. The summed E-state index contributed by atoms with van der Waals surface area (Å²) in [7, 11) is 0. The molecule has 162 valence electrons. The second kappa shape index (κ2) is 11.1. The van der Waals surface area contributed by atoms with Crippen LogP contribution in [0.3, 0.4) is 0 Å². The van der Waals surface area contributed by atoms with E-state index in [-0.39, 0.29) is 11.9 Å². The topological polar surface area (TPSA) is 127 Å². The highest BCUT2D eigenvalue weighted by atomic mass is 16.5. The van der Waals surface area contributed by atoms with Crippen LogP contribution in [0.25, 0.3) is 0 Å². The molecule has 2 aromatic rings. The minimum absolute atomic E-state index is 0.0519. The number of benzene rings is 2. The van der Waals surface area contributed by atoms with Gasteiger partial charge in [-0.15, -0.1) is 0 Å². The number of nitrogen functional groups attached to an aromatic ring is 1. The number of nitrogens with two attached hydrogens (primary N) is 1. The summed E-state index contributed by atoms with van der Waals surface area (Å²) in [6, 6.07) is 10.7. The van der Waals surface area contributed by atoms with Gasteiger partial charge in [-0.2, -0.15) is 0 Å². The zero-order valence-corrected chi connectivity index (χ0v) is 17.5. The van der Waals surface area contributed by atoms with E-state index in [0.29, 0.717) is 48.1 Å². The van der Waals surface area contributed by atoms with E-state index in [0.717, 1.165) is 0 Å². The molecule has 1 atom stereocenters. The Morgan fingerprint density at radius 2 is 1.73 bits per heavy atom. The summed E-state index contributed by atoms with van der Waals surface area (Å²) in [6.07, 6.45) is 0.105. The van der Waals surface area contributed by atoms with Gasteiger partial charge < -0.3 is 30.4 Å². The van der Waals surface area contributed by atoms with E-state index in [1.807, 2.05) is 20.8 Å². The first kappa shape index (κ1) is 23.0. The van der Waals surface area contributed by atoms with Crippen LogP contribution in [0.15, 0.2) is 42.5 Å². The Morgan fingerprint density at radius 1 is 1.10 bits per heavy atom. The number of nitrogens with one attached hydrogen (secondary N) is 2. The van der Waals surface area contributed by atoms with Gasteiger partial charge in [0.1, 0.15) is 23.9 Å². The number of carbonyl (C=O) groups is 1. The number of hydrogen-bond acceptors (Lipinski definition) is 6. The van der Waals surface area contributed by atoms with E-state index in [4.69, 9.17) is 25.4 Å². The van der Waals surface area contributed by atoms with Gasteiger partial charge in [0.25, 0.3) is 0 Å². The fourth-order valence-electron chi connectivity index (χ4n) is 2.74. The maximum Gasteiger partial charge on any atom is 0.330 e. The fraction of sp³-hybridized carbons (Fsp3) is 0.364. The number of amidine groups is 1. The molecule has 5 N–H and O–H groups in total. The number of carboxylic acid groups (broad SMARTS) is 1. The van der Waals surface area contributed by atoms with Gasteiger partial charge in [-0.3, -0.25) is 5.41 Å². The monoisotopic (exact) mass is 415 g/mol. The predicted molar refractivity (Wildman–Crippen MR) is 116 cm³/mol. The predicted octanol–water partition coefficient (Wildman–Crippen LogP) is 3.41. The molecule has 0 heterocycles.